The van der Waals surface area contributed by atoms with E-state index in [1.54, 1.807) is 4.90 Å². The fraction of sp³-hybridized carbons (Fsp3) is 0.609. The van der Waals surface area contributed by atoms with Crippen LogP contribution in [0.3, 0.4) is 0 Å². The van der Waals surface area contributed by atoms with Gasteiger partial charge in [-0.3, -0.25) is 4.79 Å². The molecule has 9 nitrogen and oxygen atoms in total. The average molecular weight is 456 g/mol. The van der Waals surface area contributed by atoms with Crippen molar-refractivity contribution in [3.63, 3.8) is 0 Å². The number of nitrogens with one attached hydrogen (secondary N) is 2. The van der Waals surface area contributed by atoms with Gasteiger partial charge in [-0.2, -0.15) is 0 Å². The van der Waals surface area contributed by atoms with Gasteiger partial charge in [0.2, 0.25) is 5.91 Å². The Morgan fingerprint density at radius 2 is 1.91 bits per heavy atom. The number of aromatic nitrogens is 2. The van der Waals surface area contributed by atoms with Crippen molar-refractivity contribution < 1.29 is 24.0 Å². The second-order valence-corrected chi connectivity index (χ2v) is 10.3. The second-order valence-electron chi connectivity index (χ2n) is 10.3. The summed E-state index contributed by atoms with van der Waals surface area (Å²) in [5.41, 5.74) is 1.69. The molecular weight excluding hydrogens is 423 g/mol. The van der Waals surface area contributed by atoms with Gasteiger partial charge in [0.25, 0.3) is 0 Å². The van der Waals surface area contributed by atoms with E-state index in [2.05, 4.69) is 10.3 Å². The standard InChI is InChI=1S/C23H33BN4O5/c1-13(2)18(27-21(30)31)20(29)28-11-7-8-17(28)19-25-15-10-9-14(12-16(15)26-19)24-32-22(3,4)23(5,6)33-24/h9-10,12-13,17-18,27H,7-8,11H2,1-6H3,(H,25,26)(H,30,31)/t17-,18-/m0/s1. The van der Waals surface area contributed by atoms with Crippen LogP contribution in [0.5, 0.6) is 0 Å². The lowest BCUT2D eigenvalue weighted by Gasteiger charge is -2.32. The fourth-order valence-corrected chi connectivity index (χ4v) is 4.47. The highest BCUT2D eigenvalue weighted by Gasteiger charge is 2.51. The van der Waals surface area contributed by atoms with Crippen molar-refractivity contribution >= 4 is 35.6 Å². The van der Waals surface area contributed by atoms with Gasteiger partial charge < -0.3 is 29.6 Å². The number of benzene rings is 1. The van der Waals surface area contributed by atoms with Crippen molar-refractivity contribution in [2.45, 2.75) is 77.7 Å². The second kappa shape index (κ2) is 8.32. The van der Waals surface area contributed by atoms with Crippen LogP contribution in [0, 0.1) is 5.92 Å². The molecule has 2 aliphatic heterocycles. The lowest BCUT2D eigenvalue weighted by atomic mass is 9.79. The van der Waals surface area contributed by atoms with E-state index < -0.39 is 30.5 Å². The zero-order chi connectivity index (χ0) is 24.1. The molecule has 178 valence electrons. The van der Waals surface area contributed by atoms with Gasteiger partial charge in [-0.25, -0.2) is 9.78 Å². The van der Waals surface area contributed by atoms with Crippen LogP contribution < -0.4 is 10.8 Å². The molecule has 0 saturated carbocycles. The Morgan fingerprint density at radius 1 is 1.24 bits per heavy atom. The number of H-pyrrole nitrogens is 1. The van der Waals surface area contributed by atoms with E-state index in [1.165, 1.54) is 0 Å². The minimum Gasteiger partial charge on any atom is -0.465 e. The van der Waals surface area contributed by atoms with Gasteiger partial charge in [0, 0.05) is 6.54 Å². The lowest BCUT2D eigenvalue weighted by molar-refractivity contribution is -0.135. The topological polar surface area (TPSA) is 117 Å². The van der Waals surface area contributed by atoms with Crippen LogP contribution in [0.2, 0.25) is 0 Å². The molecule has 0 spiro atoms. The van der Waals surface area contributed by atoms with Crippen LogP contribution in [0.15, 0.2) is 18.2 Å². The number of fused-ring (bicyclic) bond motifs is 1. The summed E-state index contributed by atoms with van der Waals surface area (Å²) in [6.45, 7) is 12.3. The predicted octanol–water partition coefficient (Wildman–Crippen LogP) is 2.82. The van der Waals surface area contributed by atoms with E-state index in [0.29, 0.717) is 12.4 Å². The van der Waals surface area contributed by atoms with Gasteiger partial charge in [-0.05, 0) is 64.1 Å². The molecule has 2 aromatic rings. The summed E-state index contributed by atoms with van der Waals surface area (Å²) in [5.74, 6) is 0.334. The summed E-state index contributed by atoms with van der Waals surface area (Å²) in [4.78, 5) is 34.3. The Morgan fingerprint density at radius 3 is 2.52 bits per heavy atom. The molecule has 1 aromatic carbocycles. The van der Waals surface area contributed by atoms with Crippen LogP contribution in [0.25, 0.3) is 11.0 Å². The first-order chi connectivity index (χ1) is 15.4. The third-order valence-corrected chi connectivity index (χ3v) is 7.11. The van der Waals surface area contributed by atoms with E-state index in [-0.39, 0.29) is 17.9 Å². The normalized spacial score (nSPS) is 22.8. The molecule has 0 bridgehead atoms. The maximum atomic E-state index is 13.2. The molecule has 1 aromatic heterocycles. The largest absolute Gasteiger partial charge is 0.494 e. The molecule has 0 radical (unpaired) electrons. The fourth-order valence-electron chi connectivity index (χ4n) is 4.47. The van der Waals surface area contributed by atoms with Gasteiger partial charge in [-0.1, -0.05) is 19.9 Å². The molecule has 0 aliphatic carbocycles. The van der Waals surface area contributed by atoms with E-state index in [1.807, 2.05) is 59.7 Å². The first-order valence-electron chi connectivity index (χ1n) is 11.5. The maximum absolute atomic E-state index is 13.2. The van der Waals surface area contributed by atoms with Gasteiger partial charge in [0.05, 0.1) is 28.3 Å². The van der Waals surface area contributed by atoms with Crippen molar-refractivity contribution in [3.05, 3.63) is 24.0 Å². The number of hydrogen-bond acceptors (Lipinski definition) is 5. The van der Waals surface area contributed by atoms with E-state index in [9.17, 15) is 9.59 Å². The first kappa shape index (κ1) is 23.6. The third kappa shape index (κ3) is 4.33. The van der Waals surface area contributed by atoms with Gasteiger partial charge in [0.1, 0.15) is 11.9 Å². The quantitative estimate of drug-likeness (QED) is 0.596. The minimum atomic E-state index is -1.20. The number of amides is 2. The Kier molecular flexibility index (Phi) is 5.95. The molecule has 33 heavy (non-hydrogen) atoms. The van der Waals surface area contributed by atoms with Crippen LogP contribution >= 0.6 is 0 Å². The molecule has 10 heteroatoms. The molecule has 2 amide bonds. The highest BCUT2D eigenvalue weighted by Crippen LogP contribution is 2.37. The molecule has 0 unspecified atom stereocenters. The maximum Gasteiger partial charge on any atom is 0.494 e. The number of aromatic amines is 1. The van der Waals surface area contributed by atoms with Crippen molar-refractivity contribution in [1.29, 1.82) is 0 Å². The van der Waals surface area contributed by atoms with Crippen LogP contribution in [-0.2, 0) is 14.1 Å². The lowest BCUT2D eigenvalue weighted by Crippen LogP contribution is -2.50. The number of rotatable bonds is 5. The highest BCUT2D eigenvalue weighted by atomic mass is 16.7. The summed E-state index contributed by atoms with van der Waals surface area (Å²) in [6, 6.07) is 4.87. The number of hydrogen-bond donors (Lipinski definition) is 3. The van der Waals surface area contributed by atoms with Crippen LogP contribution in [0.4, 0.5) is 4.79 Å². The van der Waals surface area contributed by atoms with Crippen molar-refractivity contribution in [1.82, 2.24) is 20.2 Å². The van der Waals surface area contributed by atoms with Crippen LogP contribution in [-0.4, -0.2) is 62.9 Å². The third-order valence-electron chi connectivity index (χ3n) is 7.11. The molecule has 2 atom stereocenters. The summed E-state index contributed by atoms with van der Waals surface area (Å²) in [5, 5.41) is 11.5. The first-order valence-corrected chi connectivity index (χ1v) is 11.5. The van der Waals surface area contributed by atoms with Crippen molar-refractivity contribution in [2.24, 2.45) is 5.92 Å². The smallest absolute Gasteiger partial charge is 0.465 e. The van der Waals surface area contributed by atoms with Crippen molar-refractivity contribution in [2.75, 3.05) is 6.54 Å². The zero-order valence-electron chi connectivity index (χ0n) is 20.1. The van der Waals surface area contributed by atoms with E-state index >= 15 is 0 Å². The minimum absolute atomic E-state index is 0.159. The Labute approximate surface area is 194 Å². The SMILES string of the molecule is CC(C)[C@H](NC(=O)O)C(=O)N1CCC[C@H]1c1nc2cc(B3OC(C)(C)C(C)(C)O3)ccc2[nH]1. The monoisotopic (exact) mass is 456 g/mol. The molecule has 2 fully saturated rings. The van der Waals surface area contributed by atoms with Gasteiger partial charge >= 0.3 is 13.2 Å². The molecule has 3 N–H and O–H groups in total. The summed E-state index contributed by atoms with van der Waals surface area (Å²) in [7, 11) is -0.474. The van der Waals surface area contributed by atoms with E-state index in [4.69, 9.17) is 19.4 Å². The van der Waals surface area contributed by atoms with E-state index in [0.717, 1.165) is 29.3 Å². The molecule has 2 aliphatic rings. The molecular formula is C23H33BN4O5. The number of carbonyl (C=O) groups is 2. The van der Waals surface area contributed by atoms with Gasteiger partial charge in [-0.15, -0.1) is 0 Å². The summed E-state index contributed by atoms with van der Waals surface area (Å²) >= 11 is 0. The Hall–Kier alpha value is -2.59. The molecule has 3 heterocycles. The number of likely N-dealkylation sites (tertiary alicyclic amines) is 1. The summed E-state index contributed by atoms with van der Waals surface area (Å²) < 4.78 is 12.3. The highest BCUT2D eigenvalue weighted by molar-refractivity contribution is 6.62. The van der Waals surface area contributed by atoms with Crippen LogP contribution in [0.1, 0.15) is 66.3 Å². The number of imidazole rings is 1. The molecule has 4 rings (SSSR count). The Bertz CT molecular complexity index is 1050. The average Bonchev–Trinajstić information content (AvgIpc) is 3.40. The van der Waals surface area contributed by atoms with Crippen molar-refractivity contribution in [3.8, 4) is 0 Å². The zero-order valence-corrected chi connectivity index (χ0v) is 20.1. The Balaban J connectivity index is 1.58. The number of nitrogens with zero attached hydrogens (tertiary/aromatic N) is 2. The summed E-state index contributed by atoms with van der Waals surface area (Å²) in [6.07, 6.45) is 0.412. The number of carbonyl (C=O) groups excluding carboxylic acids is 1. The predicted molar refractivity (Wildman–Crippen MR) is 125 cm³/mol. The van der Waals surface area contributed by atoms with Gasteiger partial charge in [0.15, 0.2) is 0 Å². The number of carboxylic acid groups (broad SMARTS) is 1. The molecule has 2 saturated heterocycles.